The molecule has 2 fully saturated rings. The van der Waals surface area contributed by atoms with Crippen LogP contribution in [0.25, 0.3) is 0 Å². The van der Waals surface area contributed by atoms with Crippen LogP contribution in [0.2, 0.25) is 0 Å². The highest BCUT2D eigenvalue weighted by atomic mass is 16.5. The molecule has 6 heteroatoms. The molecule has 2 amide bonds. The van der Waals surface area contributed by atoms with Crippen molar-refractivity contribution in [3.63, 3.8) is 0 Å². The van der Waals surface area contributed by atoms with Crippen molar-refractivity contribution in [3.05, 3.63) is 59.7 Å². The molecular formula is C26H33N3O3. The molecule has 0 bridgehead atoms. The molecule has 2 aliphatic rings. The van der Waals surface area contributed by atoms with Crippen molar-refractivity contribution in [2.24, 2.45) is 11.8 Å². The monoisotopic (exact) mass is 435 g/mol. The number of nitrogens with one attached hydrogen (secondary N) is 2. The third-order valence-corrected chi connectivity index (χ3v) is 6.08. The maximum absolute atomic E-state index is 12.2. The van der Waals surface area contributed by atoms with E-state index in [0.717, 1.165) is 30.9 Å². The van der Waals surface area contributed by atoms with E-state index in [4.69, 9.17) is 4.74 Å². The molecule has 170 valence electrons. The van der Waals surface area contributed by atoms with Crippen LogP contribution >= 0.6 is 0 Å². The van der Waals surface area contributed by atoms with Crippen LogP contribution in [-0.4, -0.2) is 36.4 Å². The van der Waals surface area contributed by atoms with Gasteiger partial charge in [0.05, 0.1) is 0 Å². The molecule has 0 radical (unpaired) electrons. The fraction of sp³-hybridized carbons (Fsp3) is 0.462. The molecule has 0 aromatic heterocycles. The SMILES string of the molecule is CC1CCCN(Cc2ccc(CNC(=O)COc3cccc(NC(=O)C4CC4)c3)cc2)C1. The molecule has 4 rings (SSSR count). The van der Waals surface area contributed by atoms with Crippen LogP contribution in [0.4, 0.5) is 5.69 Å². The quantitative estimate of drug-likeness (QED) is 0.625. The van der Waals surface area contributed by atoms with Gasteiger partial charge in [0.2, 0.25) is 5.91 Å². The van der Waals surface area contributed by atoms with E-state index in [-0.39, 0.29) is 24.3 Å². The number of carbonyl (C=O) groups is 2. The Kier molecular flexibility index (Phi) is 7.43. The minimum atomic E-state index is -0.177. The van der Waals surface area contributed by atoms with Crippen molar-refractivity contribution in [2.45, 2.75) is 45.7 Å². The number of benzene rings is 2. The van der Waals surface area contributed by atoms with Gasteiger partial charge in [-0.25, -0.2) is 0 Å². The Bertz CT molecular complexity index is 924. The summed E-state index contributed by atoms with van der Waals surface area (Å²) in [4.78, 5) is 26.6. The average molecular weight is 436 g/mol. The van der Waals surface area contributed by atoms with E-state index in [9.17, 15) is 9.59 Å². The number of likely N-dealkylation sites (tertiary alicyclic amines) is 1. The van der Waals surface area contributed by atoms with Gasteiger partial charge in [0.15, 0.2) is 6.61 Å². The van der Waals surface area contributed by atoms with Gasteiger partial charge in [-0.2, -0.15) is 0 Å². The molecule has 1 saturated heterocycles. The second-order valence-electron chi connectivity index (χ2n) is 9.16. The predicted octanol–water partition coefficient (Wildman–Crippen LogP) is 3.96. The number of hydrogen-bond donors (Lipinski definition) is 2. The molecule has 1 saturated carbocycles. The zero-order chi connectivity index (χ0) is 22.3. The van der Waals surface area contributed by atoms with Crippen LogP contribution in [0.3, 0.4) is 0 Å². The second-order valence-corrected chi connectivity index (χ2v) is 9.16. The van der Waals surface area contributed by atoms with Gasteiger partial charge in [-0.05, 0) is 61.4 Å². The zero-order valence-corrected chi connectivity index (χ0v) is 18.8. The Morgan fingerprint density at radius 3 is 2.59 bits per heavy atom. The molecule has 1 unspecified atom stereocenters. The zero-order valence-electron chi connectivity index (χ0n) is 18.8. The minimum absolute atomic E-state index is 0.0522. The highest BCUT2D eigenvalue weighted by Crippen LogP contribution is 2.30. The van der Waals surface area contributed by atoms with Gasteiger partial charge in [0, 0.05) is 37.3 Å². The topological polar surface area (TPSA) is 70.7 Å². The van der Waals surface area contributed by atoms with Crippen molar-refractivity contribution in [2.75, 3.05) is 25.0 Å². The lowest BCUT2D eigenvalue weighted by Crippen LogP contribution is -2.33. The third-order valence-electron chi connectivity index (χ3n) is 6.08. The first-order chi connectivity index (χ1) is 15.5. The summed E-state index contributed by atoms with van der Waals surface area (Å²) in [6, 6.07) is 15.6. The molecule has 1 heterocycles. The van der Waals surface area contributed by atoms with Crippen molar-refractivity contribution in [1.29, 1.82) is 0 Å². The van der Waals surface area contributed by atoms with E-state index in [2.05, 4.69) is 46.7 Å². The summed E-state index contributed by atoms with van der Waals surface area (Å²) in [5.41, 5.74) is 3.07. The summed E-state index contributed by atoms with van der Waals surface area (Å²) >= 11 is 0. The average Bonchev–Trinajstić information content (AvgIpc) is 3.63. The molecule has 6 nitrogen and oxygen atoms in total. The number of ether oxygens (including phenoxy) is 1. The first-order valence-electron chi connectivity index (χ1n) is 11.7. The fourth-order valence-electron chi connectivity index (χ4n) is 4.11. The van der Waals surface area contributed by atoms with Crippen molar-refractivity contribution in [1.82, 2.24) is 10.2 Å². The minimum Gasteiger partial charge on any atom is -0.484 e. The van der Waals surface area contributed by atoms with Gasteiger partial charge >= 0.3 is 0 Å². The molecule has 2 N–H and O–H groups in total. The Hall–Kier alpha value is -2.86. The van der Waals surface area contributed by atoms with Crippen LogP contribution in [-0.2, 0) is 22.7 Å². The van der Waals surface area contributed by atoms with Crippen LogP contribution in [0.5, 0.6) is 5.75 Å². The molecule has 2 aromatic carbocycles. The predicted molar refractivity (Wildman–Crippen MR) is 125 cm³/mol. The summed E-state index contributed by atoms with van der Waals surface area (Å²) in [7, 11) is 0. The summed E-state index contributed by atoms with van der Waals surface area (Å²) < 4.78 is 5.60. The Labute approximate surface area is 190 Å². The lowest BCUT2D eigenvalue weighted by molar-refractivity contribution is -0.123. The van der Waals surface area contributed by atoms with Crippen LogP contribution in [0.1, 0.15) is 43.7 Å². The largest absolute Gasteiger partial charge is 0.484 e. The maximum Gasteiger partial charge on any atom is 0.258 e. The number of anilines is 1. The van der Waals surface area contributed by atoms with E-state index < -0.39 is 0 Å². The third kappa shape index (κ3) is 6.82. The Morgan fingerprint density at radius 2 is 1.84 bits per heavy atom. The molecule has 1 aliphatic heterocycles. The second kappa shape index (κ2) is 10.6. The Balaban J connectivity index is 1.18. The van der Waals surface area contributed by atoms with E-state index >= 15 is 0 Å². The summed E-state index contributed by atoms with van der Waals surface area (Å²) in [5, 5.41) is 5.79. The Morgan fingerprint density at radius 1 is 1.06 bits per heavy atom. The van der Waals surface area contributed by atoms with Gasteiger partial charge in [0.1, 0.15) is 5.75 Å². The van der Waals surface area contributed by atoms with Crippen molar-refractivity contribution >= 4 is 17.5 Å². The van der Waals surface area contributed by atoms with Gasteiger partial charge in [-0.1, -0.05) is 37.3 Å². The van der Waals surface area contributed by atoms with E-state index in [1.165, 1.54) is 31.5 Å². The summed E-state index contributed by atoms with van der Waals surface area (Å²) in [5.74, 6) is 1.36. The van der Waals surface area contributed by atoms with Crippen molar-refractivity contribution in [3.8, 4) is 5.75 Å². The van der Waals surface area contributed by atoms with Crippen LogP contribution < -0.4 is 15.4 Å². The number of piperidine rings is 1. The van der Waals surface area contributed by atoms with E-state index in [0.29, 0.717) is 18.0 Å². The summed E-state index contributed by atoms with van der Waals surface area (Å²) in [6.07, 6.45) is 4.54. The highest BCUT2D eigenvalue weighted by Gasteiger charge is 2.29. The van der Waals surface area contributed by atoms with Crippen LogP contribution in [0, 0.1) is 11.8 Å². The van der Waals surface area contributed by atoms with Gasteiger partial charge in [0.25, 0.3) is 5.91 Å². The first-order valence-corrected chi connectivity index (χ1v) is 11.7. The lowest BCUT2D eigenvalue weighted by Gasteiger charge is -2.30. The smallest absolute Gasteiger partial charge is 0.258 e. The number of nitrogens with zero attached hydrogens (tertiary/aromatic N) is 1. The molecule has 2 aromatic rings. The lowest BCUT2D eigenvalue weighted by atomic mass is 9.99. The molecular weight excluding hydrogens is 402 g/mol. The standard InChI is InChI=1S/C26H33N3O3/c1-19-4-3-13-29(16-19)17-21-9-7-20(8-10-21)15-27-25(30)18-32-24-6-2-5-23(14-24)28-26(31)22-11-12-22/h2,5-10,14,19,22H,3-4,11-13,15-18H2,1H3,(H,27,30)(H,28,31). The number of hydrogen-bond acceptors (Lipinski definition) is 4. The number of amides is 2. The normalized spacial score (nSPS) is 18.7. The van der Waals surface area contributed by atoms with Gasteiger partial charge in [-0.15, -0.1) is 0 Å². The molecule has 0 spiro atoms. The van der Waals surface area contributed by atoms with E-state index in [1.807, 2.05) is 12.1 Å². The number of rotatable bonds is 9. The first kappa shape index (κ1) is 22.3. The van der Waals surface area contributed by atoms with Crippen molar-refractivity contribution < 1.29 is 14.3 Å². The maximum atomic E-state index is 12.2. The summed E-state index contributed by atoms with van der Waals surface area (Å²) in [6.45, 7) is 6.08. The molecule has 1 aliphatic carbocycles. The van der Waals surface area contributed by atoms with Gasteiger partial charge < -0.3 is 15.4 Å². The number of carbonyl (C=O) groups excluding carboxylic acids is 2. The van der Waals surface area contributed by atoms with E-state index in [1.54, 1.807) is 12.1 Å². The van der Waals surface area contributed by atoms with Crippen LogP contribution in [0.15, 0.2) is 48.5 Å². The fourth-order valence-corrected chi connectivity index (χ4v) is 4.11. The molecule has 32 heavy (non-hydrogen) atoms. The highest BCUT2D eigenvalue weighted by molar-refractivity contribution is 5.94. The molecule has 1 atom stereocenters. The van der Waals surface area contributed by atoms with Gasteiger partial charge in [-0.3, -0.25) is 14.5 Å².